The lowest BCUT2D eigenvalue weighted by molar-refractivity contribution is 0.111. The van der Waals surface area contributed by atoms with Crippen LogP contribution >= 0.6 is 15.9 Å². The van der Waals surface area contributed by atoms with Crippen molar-refractivity contribution in [2.45, 2.75) is 26.9 Å². The molecule has 0 unspecified atom stereocenters. The van der Waals surface area contributed by atoms with Crippen LogP contribution < -0.4 is 5.73 Å². The summed E-state index contributed by atoms with van der Waals surface area (Å²) in [5.41, 5.74) is 7.70. The molecule has 0 aliphatic heterocycles. The highest BCUT2D eigenvalue weighted by Gasteiger charge is 2.00. The highest BCUT2D eigenvalue weighted by molar-refractivity contribution is 9.10. The Morgan fingerprint density at radius 2 is 2.13 bits per heavy atom. The Labute approximate surface area is 99.9 Å². The first-order chi connectivity index (χ1) is 7.09. The molecule has 0 aromatic heterocycles. The van der Waals surface area contributed by atoms with Crippen molar-refractivity contribution in [2.75, 3.05) is 12.3 Å². The third kappa shape index (κ3) is 4.67. The number of halogens is 1. The van der Waals surface area contributed by atoms with Crippen LogP contribution in [0.4, 0.5) is 5.69 Å². The largest absolute Gasteiger partial charge is 0.398 e. The minimum Gasteiger partial charge on any atom is -0.398 e. The van der Waals surface area contributed by atoms with E-state index < -0.39 is 0 Å². The molecule has 0 saturated heterocycles. The van der Waals surface area contributed by atoms with Gasteiger partial charge in [0.2, 0.25) is 0 Å². The Balaban J connectivity index is 2.37. The van der Waals surface area contributed by atoms with E-state index in [0.29, 0.717) is 12.5 Å². The van der Waals surface area contributed by atoms with Gasteiger partial charge < -0.3 is 10.5 Å². The van der Waals surface area contributed by atoms with E-state index >= 15 is 0 Å². The van der Waals surface area contributed by atoms with Crippen LogP contribution in [0.2, 0.25) is 0 Å². The Kier molecular flexibility index (Phi) is 5.12. The number of nitrogen functional groups attached to an aromatic ring is 1. The van der Waals surface area contributed by atoms with Gasteiger partial charge in [-0.3, -0.25) is 0 Å². The zero-order valence-electron chi connectivity index (χ0n) is 9.29. The minimum absolute atomic E-state index is 0.603. The number of ether oxygens (including phenoxy) is 1. The second kappa shape index (κ2) is 6.13. The number of hydrogen-bond donors (Lipinski definition) is 1. The van der Waals surface area contributed by atoms with Gasteiger partial charge in [0.15, 0.2) is 0 Å². The maximum Gasteiger partial charge on any atom is 0.0736 e. The summed E-state index contributed by atoms with van der Waals surface area (Å²) >= 11 is 3.38. The number of nitrogens with two attached hydrogens (primary N) is 1. The van der Waals surface area contributed by atoms with Crippen molar-refractivity contribution < 1.29 is 4.74 Å². The van der Waals surface area contributed by atoms with Crippen LogP contribution in [0.25, 0.3) is 0 Å². The van der Waals surface area contributed by atoms with Gasteiger partial charge in [-0.2, -0.15) is 0 Å². The average molecular weight is 272 g/mol. The fourth-order valence-electron chi connectivity index (χ4n) is 1.20. The molecule has 0 heterocycles. The fourth-order valence-corrected chi connectivity index (χ4v) is 1.58. The molecule has 0 aliphatic rings. The lowest BCUT2D eigenvalue weighted by atomic mass is 10.1. The molecule has 0 spiro atoms. The normalized spacial score (nSPS) is 10.9. The summed E-state index contributed by atoms with van der Waals surface area (Å²) in [6.45, 7) is 5.79. The summed E-state index contributed by atoms with van der Waals surface area (Å²) in [4.78, 5) is 0. The van der Waals surface area contributed by atoms with E-state index in [9.17, 15) is 0 Å². The Bertz CT molecular complexity index is 312. The van der Waals surface area contributed by atoms with Gasteiger partial charge in [0.1, 0.15) is 0 Å². The Hall–Kier alpha value is -0.540. The van der Waals surface area contributed by atoms with E-state index in [0.717, 1.165) is 28.8 Å². The van der Waals surface area contributed by atoms with Crippen molar-refractivity contribution >= 4 is 21.6 Å². The van der Waals surface area contributed by atoms with Crippen LogP contribution in [0, 0.1) is 5.92 Å². The first-order valence-electron chi connectivity index (χ1n) is 5.21. The van der Waals surface area contributed by atoms with Gasteiger partial charge in [-0.1, -0.05) is 35.8 Å². The van der Waals surface area contributed by atoms with Crippen molar-refractivity contribution in [2.24, 2.45) is 5.92 Å². The van der Waals surface area contributed by atoms with E-state index in [1.807, 2.05) is 18.2 Å². The minimum atomic E-state index is 0.603. The molecule has 0 amide bonds. The molecule has 0 bridgehead atoms. The summed E-state index contributed by atoms with van der Waals surface area (Å²) in [5.74, 6) is 0.687. The van der Waals surface area contributed by atoms with Gasteiger partial charge in [0, 0.05) is 22.3 Å². The first-order valence-corrected chi connectivity index (χ1v) is 6.00. The molecule has 3 heteroatoms. The molecule has 0 fully saturated rings. The monoisotopic (exact) mass is 271 g/mol. The van der Waals surface area contributed by atoms with Gasteiger partial charge in [-0.15, -0.1) is 0 Å². The number of rotatable bonds is 5. The SMILES string of the molecule is CC(C)CCOCc1ccc(Br)cc1N. The molecule has 1 aromatic rings. The van der Waals surface area contributed by atoms with Crippen LogP contribution in [0.3, 0.4) is 0 Å². The predicted octanol–water partition coefficient (Wildman–Crippen LogP) is 3.59. The molecule has 0 saturated carbocycles. The first kappa shape index (κ1) is 12.5. The van der Waals surface area contributed by atoms with Crippen molar-refractivity contribution in [3.05, 3.63) is 28.2 Å². The standard InChI is InChI=1S/C12H18BrNO/c1-9(2)5-6-15-8-10-3-4-11(13)7-12(10)14/h3-4,7,9H,5-6,8,14H2,1-2H3. The summed E-state index contributed by atoms with van der Waals surface area (Å²) in [6.07, 6.45) is 1.09. The summed E-state index contributed by atoms with van der Waals surface area (Å²) < 4.78 is 6.56. The van der Waals surface area contributed by atoms with Gasteiger partial charge >= 0.3 is 0 Å². The van der Waals surface area contributed by atoms with Crippen LogP contribution in [0.15, 0.2) is 22.7 Å². The van der Waals surface area contributed by atoms with E-state index in [4.69, 9.17) is 10.5 Å². The smallest absolute Gasteiger partial charge is 0.0736 e. The molecule has 1 aromatic carbocycles. The molecule has 2 nitrogen and oxygen atoms in total. The summed E-state index contributed by atoms with van der Waals surface area (Å²) in [5, 5.41) is 0. The second-order valence-electron chi connectivity index (χ2n) is 4.08. The van der Waals surface area contributed by atoms with E-state index in [1.165, 1.54) is 0 Å². The van der Waals surface area contributed by atoms with Crippen LogP contribution in [-0.2, 0) is 11.3 Å². The zero-order valence-corrected chi connectivity index (χ0v) is 10.9. The molecule has 15 heavy (non-hydrogen) atoms. The number of anilines is 1. The molecule has 0 radical (unpaired) electrons. The van der Waals surface area contributed by atoms with Crippen molar-refractivity contribution in [1.29, 1.82) is 0 Å². The topological polar surface area (TPSA) is 35.2 Å². The van der Waals surface area contributed by atoms with Gasteiger partial charge in [0.05, 0.1) is 6.61 Å². The Morgan fingerprint density at radius 1 is 1.40 bits per heavy atom. The number of benzene rings is 1. The maximum absolute atomic E-state index is 5.85. The van der Waals surface area contributed by atoms with Crippen molar-refractivity contribution in [3.8, 4) is 0 Å². The molecule has 84 valence electrons. The average Bonchev–Trinajstić information content (AvgIpc) is 2.14. The van der Waals surface area contributed by atoms with E-state index in [-0.39, 0.29) is 0 Å². The fraction of sp³-hybridized carbons (Fsp3) is 0.500. The quantitative estimate of drug-likeness (QED) is 0.656. The number of hydrogen-bond acceptors (Lipinski definition) is 2. The van der Waals surface area contributed by atoms with Gasteiger partial charge in [0.25, 0.3) is 0 Å². The lowest BCUT2D eigenvalue weighted by Crippen LogP contribution is -2.01. The molecule has 0 aliphatic carbocycles. The molecular formula is C12H18BrNO. The third-order valence-corrected chi connectivity index (χ3v) is 2.70. The van der Waals surface area contributed by atoms with E-state index in [2.05, 4.69) is 29.8 Å². The zero-order chi connectivity index (χ0) is 11.3. The van der Waals surface area contributed by atoms with Crippen LogP contribution in [0.1, 0.15) is 25.8 Å². The molecule has 1 rings (SSSR count). The van der Waals surface area contributed by atoms with Crippen LogP contribution in [0.5, 0.6) is 0 Å². The summed E-state index contributed by atoms with van der Waals surface area (Å²) in [6, 6.07) is 5.88. The molecular weight excluding hydrogens is 254 g/mol. The Morgan fingerprint density at radius 3 is 2.73 bits per heavy atom. The molecule has 2 N–H and O–H groups in total. The van der Waals surface area contributed by atoms with Crippen molar-refractivity contribution in [3.63, 3.8) is 0 Å². The lowest BCUT2D eigenvalue weighted by Gasteiger charge is -2.08. The highest BCUT2D eigenvalue weighted by Crippen LogP contribution is 2.19. The summed E-state index contributed by atoms with van der Waals surface area (Å²) in [7, 11) is 0. The maximum atomic E-state index is 5.85. The molecule has 0 atom stereocenters. The second-order valence-corrected chi connectivity index (χ2v) is 4.99. The van der Waals surface area contributed by atoms with E-state index in [1.54, 1.807) is 0 Å². The third-order valence-electron chi connectivity index (χ3n) is 2.21. The van der Waals surface area contributed by atoms with Crippen molar-refractivity contribution in [1.82, 2.24) is 0 Å². The van der Waals surface area contributed by atoms with Gasteiger partial charge in [-0.05, 0) is 24.5 Å². The van der Waals surface area contributed by atoms with Crippen LogP contribution in [-0.4, -0.2) is 6.61 Å². The van der Waals surface area contributed by atoms with Gasteiger partial charge in [-0.25, -0.2) is 0 Å². The predicted molar refractivity (Wildman–Crippen MR) is 67.7 cm³/mol. The highest BCUT2D eigenvalue weighted by atomic mass is 79.9.